The lowest BCUT2D eigenvalue weighted by molar-refractivity contribution is 0.509. The molecule has 0 atom stereocenters. The van der Waals surface area contributed by atoms with Crippen LogP contribution in [0, 0.1) is 11.6 Å². The molecule has 0 amide bonds. The summed E-state index contributed by atoms with van der Waals surface area (Å²) in [7, 11) is 0. The molecule has 0 radical (unpaired) electrons. The molecule has 0 saturated carbocycles. The molecule has 0 aliphatic carbocycles. The molecule has 0 fully saturated rings. The van der Waals surface area contributed by atoms with E-state index < -0.39 is 11.6 Å². The summed E-state index contributed by atoms with van der Waals surface area (Å²) >= 11 is 5.78. The smallest absolute Gasteiger partial charge is 0.160 e. The molecule has 3 aromatic rings. The Morgan fingerprint density at radius 3 is 2.33 bits per heavy atom. The molecule has 0 bridgehead atoms. The third-order valence-corrected chi connectivity index (χ3v) is 3.26. The summed E-state index contributed by atoms with van der Waals surface area (Å²) in [6, 6.07) is 6.70. The molecule has 3 rings (SSSR count). The average molecular weight is 349 g/mol. The Kier molecular flexibility index (Phi) is 4.39. The fraction of sp³-hybridized carbons (Fsp3) is 0. The maximum absolute atomic E-state index is 13.3. The van der Waals surface area contributed by atoms with Gasteiger partial charge in [0.05, 0.1) is 5.02 Å². The van der Waals surface area contributed by atoms with Gasteiger partial charge in [-0.2, -0.15) is 0 Å². The van der Waals surface area contributed by atoms with Crippen molar-refractivity contribution >= 4 is 40.4 Å². The summed E-state index contributed by atoms with van der Waals surface area (Å²) in [6.45, 7) is 0. The van der Waals surface area contributed by atoms with Crippen LogP contribution in [-0.2, 0) is 0 Å². The zero-order valence-corrected chi connectivity index (χ0v) is 12.9. The lowest BCUT2D eigenvalue weighted by Crippen LogP contribution is -2.06. The van der Waals surface area contributed by atoms with Crippen LogP contribution in [0.25, 0.3) is 0 Å². The zero-order valence-electron chi connectivity index (χ0n) is 12.1. The van der Waals surface area contributed by atoms with Crippen LogP contribution in [0.1, 0.15) is 0 Å². The van der Waals surface area contributed by atoms with Crippen molar-refractivity contribution in [1.82, 2.24) is 15.0 Å². The van der Waals surface area contributed by atoms with Crippen LogP contribution in [0.2, 0.25) is 5.02 Å². The predicted octanol–water partition coefficient (Wildman–Crippen LogP) is 3.87. The maximum atomic E-state index is 13.3. The van der Waals surface area contributed by atoms with Crippen LogP contribution in [0.15, 0.2) is 42.9 Å². The first-order chi connectivity index (χ1) is 11.5. The Balaban J connectivity index is 1.84. The first-order valence-electron chi connectivity index (χ1n) is 6.74. The Hall–Kier alpha value is -3.00. The number of hydrogen-bond donors (Lipinski definition) is 3. The van der Waals surface area contributed by atoms with Gasteiger partial charge in [0.15, 0.2) is 23.3 Å². The molecule has 1 aromatic carbocycles. The van der Waals surface area contributed by atoms with Crippen LogP contribution in [-0.4, -0.2) is 15.0 Å². The van der Waals surface area contributed by atoms with E-state index in [-0.39, 0.29) is 11.5 Å². The summed E-state index contributed by atoms with van der Waals surface area (Å²) in [5.74, 6) is -0.871. The van der Waals surface area contributed by atoms with E-state index in [1.807, 2.05) is 0 Å². The summed E-state index contributed by atoms with van der Waals surface area (Å²) in [5, 5.41) is 6.23. The number of benzene rings is 1. The minimum atomic E-state index is -0.976. The van der Waals surface area contributed by atoms with Gasteiger partial charge in [-0.15, -0.1) is 0 Å². The summed E-state index contributed by atoms with van der Waals surface area (Å²) in [6.07, 6.45) is 2.75. The van der Waals surface area contributed by atoms with Gasteiger partial charge in [0.25, 0.3) is 0 Å². The second-order valence-electron chi connectivity index (χ2n) is 4.73. The van der Waals surface area contributed by atoms with Crippen molar-refractivity contribution in [2.75, 3.05) is 16.4 Å². The fourth-order valence-electron chi connectivity index (χ4n) is 1.88. The summed E-state index contributed by atoms with van der Waals surface area (Å²) in [5.41, 5.74) is 6.50. The molecule has 0 spiro atoms. The summed E-state index contributed by atoms with van der Waals surface area (Å²) in [4.78, 5) is 12.1. The number of aromatic nitrogens is 3. The highest BCUT2D eigenvalue weighted by Crippen LogP contribution is 2.28. The molecule has 4 N–H and O–H groups in total. The van der Waals surface area contributed by atoms with Crippen molar-refractivity contribution in [2.24, 2.45) is 0 Å². The van der Waals surface area contributed by atoms with Gasteiger partial charge >= 0.3 is 0 Å². The monoisotopic (exact) mass is 348 g/mol. The number of nitrogens with one attached hydrogen (secondary N) is 2. The second-order valence-corrected chi connectivity index (χ2v) is 5.16. The molecule has 0 saturated heterocycles. The Bertz CT molecular complexity index is 872. The number of anilines is 5. The number of nitrogens with zero attached hydrogens (tertiary/aromatic N) is 3. The van der Waals surface area contributed by atoms with E-state index in [2.05, 4.69) is 25.6 Å². The lowest BCUT2D eigenvalue weighted by atomic mass is 10.3. The minimum absolute atomic E-state index is 0.194. The first-order valence-corrected chi connectivity index (χ1v) is 7.12. The lowest BCUT2D eigenvalue weighted by Gasteiger charge is -2.12. The molecule has 122 valence electrons. The van der Waals surface area contributed by atoms with Crippen molar-refractivity contribution in [3.63, 3.8) is 0 Å². The largest absolute Gasteiger partial charge is 0.393 e. The molecule has 2 heterocycles. The van der Waals surface area contributed by atoms with Gasteiger partial charge in [-0.05, 0) is 24.3 Å². The van der Waals surface area contributed by atoms with Crippen molar-refractivity contribution in [3.8, 4) is 0 Å². The van der Waals surface area contributed by atoms with E-state index in [4.69, 9.17) is 17.3 Å². The van der Waals surface area contributed by atoms with E-state index >= 15 is 0 Å². The number of pyridine rings is 1. The van der Waals surface area contributed by atoms with E-state index in [0.29, 0.717) is 22.3 Å². The maximum Gasteiger partial charge on any atom is 0.160 e. The van der Waals surface area contributed by atoms with Crippen LogP contribution in [0.3, 0.4) is 0 Å². The molecule has 0 unspecified atom stereocenters. The molecule has 2 aromatic heterocycles. The van der Waals surface area contributed by atoms with Gasteiger partial charge in [-0.1, -0.05) is 11.6 Å². The van der Waals surface area contributed by atoms with Crippen molar-refractivity contribution in [2.45, 2.75) is 0 Å². The molecule has 24 heavy (non-hydrogen) atoms. The number of nitrogen functional groups attached to an aromatic ring is 1. The van der Waals surface area contributed by atoms with E-state index in [0.717, 1.165) is 12.1 Å². The highest BCUT2D eigenvalue weighted by Gasteiger charge is 2.10. The van der Waals surface area contributed by atoms with Gasteiger partial charge in [-0.3, -0.25) is 0 Å². The molecule has 6 nitrogen and oxygen atoms in total. The first kappa shape index (κ1) is 15.9. The second kappa shape index (κ2) is 6.63. The van der Waals surface area contributed by atoms with E-state index in [1.165, 1.54) is 18.6 Å². The minimum Gasteiger partial charge on any atom is -0.393 e. The highest BCUT2D eigenvalue weighted by atomic mass is 35.5. The summed E-state index contributed by atoms with van der Waals surface area (Å²) < 4.78 is 26.2. The third kappa shape index (κ3) is 3.49. The Labute approximate surface area is 140 Å². The molecule has 0 aliphatic heterocycles. The molecular formula is C15H11ClF2N6. The molecule has 9 heteroatoms. The Morgan fingerprint density at radius 2 is 1.67 bits per heavy atom. The quantitative estimate of drug-likeness (QED) is 0.663. The van der Waals surface area contributed by atoms with Crippen molar-refractivity contribution < 1.29 is 8.78 Å². The Morgan fingerprint density at radius 1 is 0.917 bits per heavy atom. The van der Waals surface area contributed by atoms with Gasteiger partial charge in [0, 0.05) is 18.0 Å². The fourth-order valence-corrected chi connectivity index (χ4v) is 1.99. The topological polar surface area (TPSA) is 88.8 Å². The standard InChI is InChI=1S/C15H11ClF2N6/c16-8-1-4-12(20-6-8)24-15-13(19)14(21-7-22-15)23-9-2-3-10(17)11(18)5-9/h1-7H,19H2,(H2,20,21,22,23,24). The van der Waals surface area contributed by atoms with E-state index in [1.54, 1.807) is 12.1 Å². The molecular weight excluding hydrogens is 338 g/mol. The van der Waals surface area contributed by atoms with Crippen LogP contribution in [0.4, 0.5) is 37.6 Å². The zero-order chi connectivity index (χ0) is 17.1. The third-order valence-electron chi connectivity index (χ3n) is 3.04. The van der Waals surface area contributed by atoms with Gasteiger partial charge in [0.2, 0.25) is 0 Å². The number of hydrogen-bond acceptors (Lipinski definition) is 6. The van der Waals surface area contributed by atoms with Gasteiger partial charge < -0.3 is 16.4 Å². The normalized spacial score (nSPS) is 10.5. The van der Waals surface area contributed by atoms with Gasteiger partial charge in [0.1, 0.15) is 17.8 Å². The molecule has 0 aliphatic rings. The number of rotatable bonds is 4. The number of nitrogens with two attached hydrogens (primary N) is 1. The SMILES string of the molecule is Nc1c(Nc2ccc(F)c(F)c2)ncnc1Nc1ccc(Cl)cn1. The van der Waals surface area contributed by atoms with Gasteiger partial charge in [-0.25, -0.2) is 23.7 Å². The highest BCUT2D eigenvalue weighted by molar-refractivity contribution is 6.30. The van der Waals surface area contributed by atoms with Crippen LogP contribution in [0.5, 0.6) is 0 Å². The van der Waals surface area contributed by atoms with Crippen molar-refractivity contribution in [1.29, 1.82) is 0 Å². The van der Waals surface area contributed by atoms with Crippen LogP contribution >= 0.6 is 11.6 Å². The number of halogens is 3. The average Bonchev–Trinajstić information content (AvgIpc) is 2.57. The predicted molar refractivity (Wildman–Crippen MR) is 88.6 cm³/mol. The van der Waals surface area contributed by atoms with E-state index in [9.17, 15) is 8.78 Å². The van der Waals surface area contributed by atoms with Crippen LogP contribution < -0.4 is 16.4 Å². The van der Waals surface area contributed by atoms with Crippen molar-refractivity contribution in [3.05, 3.63) is 59.5 Å².